The molecule has 0 spiro atoms. The van der Waals surface area contributed by atoms with Crippen molar-refractivity contribution in [2.24, 2.45) is 5.92 Å². The van der Waals surface area contributed by atoms with Gasteiger partial charge in [-0.15, -0.1) is 0 Å². The second kappa shape index (κ2) is 5.97. The number of rotatable bonds is 4. The van der Waals surface area contributed by atoms with Crippen molar-refractivity contribution in [1.82, 2.24) is 5.32 Å². The maximum Gasteiger partial charge on any atom is 0.219 e. The van der Waals surface area contributed by atoms with Gasteiger partial charge in [-0.25, -0.2) is 0 Å². The van der Waals surface area contributed by atoms with Gasteiger partial charge in [-0.05, 0) is 25.2 Å². The maximum absolute atomic E-state index is 11.1. The minimum absolute atomic E-state index is 0.189. The Morgan fingerprint density at radius 3 is 2.77 bits per heavy atom. The van der Waals surface area contributed by atoms with Crippen LogP contribution >= 0.6 is 0 Å². The summed E-state index contributed by atoms with van der Waals surface area (Å²) in [6, 6.07) is 0. The lowest BCUT2D eigenvalue weighted by Crippen LogP contribution is -2.31. The van der Waals surface area contributed by atoms with Crippen LogP contribution in [0.4, 0.5) is 0 Å². The minimum Gasteiger partial charge on any atom is -0.381 e. The van der Waals surface area contributed by atoms with Gasteiger partial charge in [0.1, 0.15) is 0 Å². The lowest BCUT2D eigenvalue weighted by atomic mass is 10.0. The zero-order valence-corrected chi connectivity index (χ0v) is 8.34. The van der Waals surface area contributed by atoms with E-state index in [-0.39, 0.29) is 5.91 Å². The highest BCUT2D eigenvalue weighted by molar-refractivity contribution is 5.75. The van der Waals surface area contributed by atoms with Crippen LogP contribution in [0.2, 0.25) is 0 Å². The fourth-order valence-corrected chi connectivity index (χ4v) is 1.52. The normalized spacial score (nSPS) is 18.5. The molecule has 1 rings (SSSR count). The highest BCUT2D eigenvalue weighted by Crippen LogP contribution is 2.13. The van der Waals surface area contributed by atoms with E-state index in [9.17, 15) is 4.79 Å². The van der Waals surface area contributed by atoms with Crippen molar-refractivity contribution in [1.29, 1.82) is 0 Å². The highest BCUT2D eigenvalue weighted by atomic mass is 16.5. The summed E-state index contributed by atoms with van der Waals surface area (Å²) in [6.07, 6.45) is 3.77. The van der Waals surface area contributed by atoms with Crippen molar-refractivity contribution in [3.63, 3.8) is 0 Å². The van der Waals surface area contributed by atoms with E-state index in [2.05, 4.69) is 5.32 Å². The Morgan fingerprint density at radius 1 is 1.46 bits per heavy atom. The molecular weight excluding hydrogens is 166 g/mol. The lowest BCUT2D eigenvalue weighted by Gasteiger charge is -2.22. The van der Waals surface area contributed by atoms with Crippen molar-refractivity contribution < 1.29 is 9.53 Å². The molecule has 76 valence electrons. The third kappa shape index (κ3) is 4.27. The first-order chi connectivity index (χ1) is 6.33. The van der Waals surface area contributed by atoms with E-state index in [0.717, 1.165) is 39.0 Å². The zero-order valence-electron chi connectivity index (χ0n) is 8.34. The highest BCUT2D eigenvalue weighted by Gasteiger charge is 2.13. The largest absolute Gasteiger partial charge is 0.381 e. The summed E-state index contributed by atoms with van der Waals surface area (Å²) in [5, 5.41) is 2.96. The summed E-state index contributed by atoms with van der Waals surface area (Å²) in [4.78, 5) is 11.1. The van der Waals surface area contributed by atoms with Crippen molar-refractivity contribution in [2.75, 3.05) is 19.8 Å². The molecule has 1 N–H and O–H groups in total. The number of hydrogen-bond donors (Lipinski definition) is 1. The number of ether oxygens (including phenoxy) is 1. The van der Waals surface area contributed by atoms with Gasteiger partial charge < -0.3 is 10.1 Å². The smallest absolute Gasteiger partial charge is 0.219 e. The molecule has 1 aliphatic rings. The van der Waals surface area contributed by atoms with Crippen LogP contribution in [0.5, 0.6) is 0 Å². The van der Waals surface area contributed by atoms with E-state index >= 15 is 0 Å². The molecular formula is C10H19NO2. The fourth-order valence-electron chi connectivity index (χ4n) is 1.52. The first-order valence-electron chi connectivity index (χ1n) is 5.17. The Kier molecular flexibility index (Phi) is 4.83. The van der Waals surface area contributed by atoms with Gasteiger partial charge in [0.2, 0.25) is 5.91 Å². The second-order valence-electron chi connectivity index (χ2n) is 3.61. The Labute approximate surface area is 79.8 Å². The van der Waals surface area contributed by atoms with Crippen LogP contribution < -0.4 is 5.32 Å². The molecule has 1 saturated heterocycles. The molecule has 0 aromatic heterocycles. The van der Waals surface area contributed by atoms with Crippen molar-refractivity contribution in [3.8, 4) is 0 Å². The summed E-state index contributed by atoms with van der Waals surface area (Å²) < 4.78 is 5.24. The molecule has 0 unspecified atom stereocenters. The van der Waals surface area contributed by atoms with Gasteiger partial charge in [-0.2, -0.15) is 0 Å². The first kappa shape index (κ1) is 10.5. The molecule has 1 fully saturated rings. The van der Waals surface area contributed by atoms with E-state index in [1.54, 1.807) is 0 Å². The Hall–Kier alpha value is -0.570. The second-order valence-corrected chi connectivity index (χ2v) is 3.61. The summed E-state index contributed by atoms with van der Waals surface area (Å²) in [7, 11) is 0. The molecule has 13 heavy (non-hydrogen) atoms. The van der Waals surface area contributed by atoms with E-state index in [4.69, 9.17) is 4.74 Å². The topological polar surface area (TPSA) is 38.3 Å². The Morgan fingerprint density at radius 2 is 2.15 bits per heavy atom. The zero-order chi connectivity index (χ0) is 9.52. The van der Waals surface area contributed by atoms with E-state index < -0.39 is 0 Å². The van der Waals surface area contributed by atoms with Gasteiger partial charge in [-0.1, -0.05) is 6.92 Å². The van der Waals surface area contributed by atoms with E-state index in [0.29, 0.717) is 12.3 Å². The molecule has 3 nitrogen and oxygen atoms in total. The molecule has 0 radical (unpaired) electrons. The number of carbonyl (C=O) groups excluding carboxylic acids is 1. The van der Waals surface area contributed by atoms with Crippen LogP contribution in [0.1, 0.15) is 32.6 Å². The number of nitrogens with one attached hydrogen (secondary N) is 1. The molecule has 0 aromatic rings. The van der Waals surface area contributed by atoms with Gasteiger partial charge in [0.05, 0.1) is 0 Å². The molecule has 0 aromatic carbocycles. The van der Waals surface area contributed by atoms with Gasteiger partial charge in [0, 0.05) is 26.2 Å². The first-order valence-corrected chi connectivity index (χ1v) is 5.17. The molecule has 0 saturated carbocycles. The van der Waals surface area contributed by atoms with Gasteiger partial charge in [0.15, 0.2) is 0 Å². The molecule has 1 heterocycles. The number of carbonyl (C=O) groups is 1. The quantitative estimate of drug-likeness (QED) is 0.717. The summed E-state index contributed by atoms with van der Waals surface area (Å²) >= 11 is 0. The third-order valence-electron chi connectivity index (χ3n) is 2.41. The van der Waals surface area contributed by atoms with Crippen LogP contribution in [0.25, 0.3) is 0 Å². The lowest BCUT2D eigenvalue weighted by molar-refractivity contribution is -0.121. The van der Waals surface area contributed by atoms with Crippen LogP contribution in [-0.4, -0.2) is 25.7 Å². The SMILES string of the molecule is CCCC(=O)NCC1CCOCC1. The van der Waals surface area contributed by atoms with Crippen LogP contribution in [0.15, 0.2) is 0 Å². The van der Waals surface area contributed by atoms with Crippen molar-refractivity contribution in [2.45, 2.75) is 32.6 Å². The van der Waals surface area contributed by atoms with Crippen LogP contribution in [0.3, 0.4) is 0 Å². The van der Waals surface area contributed by atoms with Gasteiger partial charge >= 0.3 is 0 Å². The monoisotopic (exact) mass is 185 g/mol. The molecule has 0 atom stereocenters. The van der Waals surface area contributed by atoms with E-state index in [1.165, 1.54) is 0 Å². The summed E-state index contributed by atoms with van der Waals surface area (Å²) in [6.45, 7) is 4.57. The number of hydrogen-bond acceptors (Lipinski definition) is 2. The molecule has 1 amide bonds. The van der Waals surface area contributed by atoms with Gasteiger partial charge in [-0.3, -0.25) is 4.79 Å². The van der Waals surface area contributed by atoms with E-state index in [1.807, 2.05) is 6.92 Å². The molecule has 0 aliphatic carbocycles. The fraction of sp³-hybridized carbons (Fsp3) is 0.900. The predicted octanol–water partition coefficient (Wildman–Crippen LogP) is 1.33. The molecule has 1 aliphatic heterocycles. The number of amides is 1. The maximum atomic E-state index is 11.1. The van der Waals surface area contributed by atoms with Crippen LogP contribution in [-0.2, 0) is 9.53 Å². The average Bonchev–Trinajstić information content (AvgIpc) is 2.17. The van der Waals surface area contributed by atoms with Crippen LogP contribution in [0, 0.1) is 5.92 Å². The van der Waals surface area contributed by atoms with Crippen molar-refractivity contribution in [3.05, 3.63) is 0 Å². The van der Waals surface area contributed by atoms with Crippen molar-refractivity contribution >= 4 is 5.91 Å². The average molecular weight is 185 g/mol. The minimum atomic E-state index is 0.189. The van der Waals surface area contributed by atoms with Gasteiger partial charge in [0.25, 0.3) is 0 Å². The standard InChI is InChI=1S/C10H19NO2/c1-2-3-10(12)11-8-9-4-6-13-7-5-9/h9H,2-8H2,1H3,(H,11,12). The Balaban J connectivity index is 2.06. The third-order valence-corrected chi connectivity index (χ3v) is 2.41. The molecule has 3 heteroatoms. The predicted molar refractivity (Wildman–Crippen MR) is 51.5 cm³/mol. The Bertz CT molecular complexity index is 153. The summed E-state index contributed by atoms with van der Waals surface area (Å²) in [5.74, 6) is 0.823. The summed E-state index contributed by atoms with van der Waals surface area (Å²) in [5.41, 5.74) is 0. The molecule has 0 bridgehead atoms.